The summed E-state index contributed by atoms with van der Waals surface area (Å²) < 4.78 is 0. The van der Waals surface area contributed by atoms with Crippen molar-refractivity contribution >= 4 is 5.91 Å². The first-order valence-corrected chi connectivity index (χ1v) is 7.17. The highest BCUT2D eigenvalue weighted by Gasteiger charge is 2.25. The predicted molar refractivity (Wildman–Crippen MR) is 78.1 cm³/mol. The van der Waals surface area contributed by atoms with E-state index in [1.165, 1.54) is 11.1 Å². The van der Waals surface area contributed by atoms with E-state index >= 15 is 0 Å². The summed E-state index contributed by atoms with van der Waals surface area (Å²) in [5.41, 5.74) is 2.52. The molecule has 1 atom stereocenters. The number of benzene rings is 1. The molecule has 1 aliphatic rings. The molecule has 2 rings (SSSR count). The van der Waals surface area contributed by atoms with Gasteiger partial charge in [-0.15, -0.1) is 0 Å². The number of rotatable bonds is 5. The maximum absolute atomic E-state index is 12.1. The van der Waals surface area contributed by atoms with Crippen LogP contribution in [0.3, 0.4) is 0 Å². The summed E-state index contributed by atoms with van der Waals surface area (Å²) in [7, 11) is 1.97. The zero-order chi connectivity index (χ0) is 13.7. The summed E-state index contributed by atoms with van der Waals surface area (Å²) in [6.07, 6.45) is 2.62. The Kier molecular flexibility index (Phi) is 4.97. The van der Waals surface area contributed by atoms with Gasteiger partial charge in [0.2, 0.25) is 5.91 Å². The van der Waals surface area contributed by atoms with Gasteiger partial charge in [0.1, 0.15) is 0 Å². The normalized spacial score (nSPS) is 18.8. The van der Waals surface area contributed by atoms with Crippen LogP contribution in [-0.4, -0.2) is 37.5 Å². The molecule has 1 aromatic rings. The minimum atomic E-state index is 0.305. The Morgan fingerprint density at radius 2 is 2.11 bits per heavy atom. The van der Waals surface area contributed by atoms with Gasteiger partial charge in [-0.2, -0.15) is 0 Å². The standard InChI is InChI=1S/C16H24N2O/c1-13-3-5-14(6-4-13)7-8-16(19)18-10-9-15(12-18)11-17-2/h3-6,15,17H,7-12H2,1-2H3. The third kappa shape index (κ3) is 4.06. The first-order valence-electron chi connectivity index (χ1n) is 7.17. The summed E-state index contributed by atoms with van der Waals surface area (Å²) in [6.45, 7) is 4.95. The second-order valence-electron chi connectivity index (χ2n) is 5.54. The zero-order valence-electron chi connectivity index (χ0n) is 12.0. The van der Waals surface area contributed by atoms with Crippen LogP contribution in [0.1, 0.15) is 24.0 Å². The number of nitrogens with zero attached hydrogens (tertiary/aromatic N) is 1. The molecule has 1 N–H and O–H groups in total. The molecule has 19 heavy (non-hydrogen) atoms. The van der Waals surface area contributed by atoms with Crippen LogP contribution in [-0.2, 0) is 11.2 Å². The molecule has 0 saturated carbocycles. The third-order valence-corrected chi connectivity index (χ3v) is 3.88. The molecule has 0 radical (unpaired) electrons. The van der Waals surface area contributed by atoms with E-state index < -0.39 is 0 Å². The predicted octanol–water partition coefficient (Wildman–Crippen LogP) is 2.00. The average molecular weight is 260 g/mol. The highest BCUT2D eigenvalue weighted by molar-refractivity contribution is 5.76. The number of carbonyl (C=O) groups excluding carboxylic acids is 1. The average Bonchev–Trinajstić information content (AvgIpc) is 2.87. The fourth-order valence-electron chi connectivity index (χ4n) is 2.68. The lowest BCUT2D eigenvalue weighted by molar-refractivity contribution is -0.130. The van der Waals surface area contributed by atoms with Gasteiger partial charge in [-0.25, -0.2) is 0 Å². The fraction of sp³-hybridized carbons (Fsp3) is 0.562. The Bertz CT molecular complexity index is 413. The molecule has 0 bridgehead atoms. The monoisotopic (exact) mass is 260 g/mol. The molecule has 104 valence electrons. The van der Waals surface area contributed by atoms with Crippen LogP contribution in [0.25, 0.3) is 0 Å². The largest absolute Gasteiger partial charge is 0.342 e. The van der Waals surface area contributed by atoms with E-state index in [9.17, 15) is 4.79 Å². The first-order chi connectivity index (χ1) is 9.19. The van der Waals surface area contributed by atoms with E-state index in [4.69, 9.17) is 0 Å². The first kappa shape index (κ1) is 14.1. The van der Waals surface area contributed by atoms with Gasteiger partial charge in [-0.1, -0.05) is 29.8 Å². The molecular formula is C16H24N2O. The molecular weight excluding hydrogens is 236 g/mol. The zero-order valence-corrected chi connectivity index (χ0v) is 12.0. The van der Waals surface area contributed by atoms with Gasteiger partial charge in [0.25, 0.3) is 0 Å². The Balaban J connectivity index is 1.77. The topological polar surface area (TPSA) is 32.3 Å². The second kappa shape index (κ2) is 6.71. The highest BCUT2D eigenvalue weighted by Crippen LogP contribution is 2.17. The Hall–Kier alpha value is -1.35. The molecule has 0 spiro atoms. The van der Waals surface area contributed by atoms with Gasteiger partial charge < -0.3 is 10.2 Å². The van der Waals surface area contributed by atoms with E-state index in [1.54, 1.807) is 0 Å². The van der Waals surface area contributed by atoms with Gasteiger partial charge in [0.15, 0.2) is 0 Å². The van der Waals surface area contributed by atoms with E-state index in [2.05, 4.69) is 36.5 Å². The molecule has 3 nitrogen and oxygen atoms in total. The fourth-order valence-corrected chi connectivity index (χ4v) is 2.68. The van der Waals surface area contributed by atoms with Crippen LogP contribution in [0.15, 0.2) is 24.3 Å². The van der Waals surface area contributed by atoms with E-state index in [0.29, 0.717) is 18.2 Å². The smallest absolute Gasteiger partial charge is 0.222 e. The molecule has 1 aliphatic heterocycles. The van der Waals surface area contributed by atoms with Gasteiger partial charge in [-0.05, 0) is 44.8 Å². The number of hydrogen-bond donors (Lipinski definition) is 1. The Morgan fingerprint density at radius 1 is 1.37 bits per heavy atom. The summed E-state index contributed by atoms with van der Waals surface area (Å²) in [6, 6.07) is 8.46. The molecule has 1 saturated heterocycles. The summed E-state index contributed by atoms with van der Waals surface area (Å²) >= 11 is 0. The molecule has 0 aromatic heterocycles. The molecule has 1 heterocycles. The molecule has 3 heteroatoms. The molecule has 1 unspecified atom stereocenters. The lowest BCUT2D eigenvalue weighted by Gasteiger charge is -2.16. The molecule has 1 fully saturated rings. The van der Waals surface area contributed by atoms with E-state index in [0.717, 1.165) is 32.5 Å². The van der Waals surface area contributed by atoms with Gasteiger partial charge >= 0.3 is 0 Å². The SMILES string of the molecule is CNCC1CCN(C(=O)CCc2ccc(C)cc2)C1. The van der Waals surface area contributed by atoms with Crippen molar-refractivity contribution in [2.24, 2.45) is 5.92 Å². The van der Waals surface area contributed by atoms with Crippen molar-refractivity contribution in [2.45, 2.75) is 26.2 Å². The van der Waals surface area contributed by atoms with Crippen LogP contribution >= 0.6 is 0 Å². The van der Waals surface area contributed by atoms with Gasteiger partial charge in [-0.3, -0.25) is 4.79 Å². The van der Waals surface area contributed by atoms with Crippen molar-refractivity contribution < 1.29 is 4.79 Å². The number of carbonyl (C=O) groups is 1. The van der Waals surface area contributed by atoms with Crippen LogP contribution in [0, 0.1) is 12.8 Å². The van der Waals surface area contributed by atoms with Crippen LogP contribution in [0.5, 0.6) is 0 Å². The van der Waals surface area contributed by atoms with Crippen molar-refractivity contribution in [2.75, 3.05) is 26.7 Å². The van der Waals surface area contributed by atoms with Crippen molar-refractivity contribution in [3.63, 3.8) is 0 Å². The van der Waals surface area contributed by atoms with Gasteiger partial charge in [0.05, 0.1) is 0 Å². The summed E-state index contributed by atoms with van der Waals surface area (Å²) in [5.74, 6) is 0.938. The van der Waals surface area contributed by atoms with Crippen molar-refractivity contribution in [3.8, 4) is 0 Å². The molecule has 1 amide bonds. The Labute approximate surface area is 116 Å². The van der Waals surface area contributed by atoms with E-state index in [-0.39, 0.29) is 0 Å². The second-order valence-corrected chi connectivity index (χ2v) is 5.54. The minimum Gasteiger partial charge on any atom is -0.342 e. The van der Waals surface area contributed by atoms with Crippen molar-refractivity contribution in [1.29, 1.82) is 0 Å². The summed E-state index contributed by atoms with van der Waals surface area (Å²) in [4.78, 5) is 14.2. The number of nitrogens with one attached hydrogen (secondary N) is 1. The number of likely N-dealkylation sites (tertiary alicyclic amines) is 1. The number of aryl methyl sites for hydroxylation is 2. The number of amides is 1. The lowest BCUT2D eigenvalue weighted by Crippen LogP contribution is -2.30. The third-order valence-electron chi connectivity index (χ3n) is 3.88. The molecule has 1 aromatic carbocycles. The van der Waals surface area contributed by atoms with Crippen LogP contribution in [0.4, 0.5) is 0 Å². The lowest BCUT2D eigenvalue weighted by atomic mass is 10.1. The summed E-state index contributed by atoms with van der Waals surface area (Å²) in [5, 5.41) is 3.19. The highest BCUT2D eigenvalue weighted by atomic mass is 16.2. The van der Waals surface area contributed by atoms with E-state index in [1.807, 2.05) is 11.9 Å². The van der Waals surface area contributed by atoms with Gasteiger partial charge in [0, 0.05) is 19.5 Å². The van der Waals surface area contributed by atoms with Crippen LogP contribution in [0.2, 0.25) is 0 Å². The quantitative estimate of drug-likeness (QED) is 0.878. The van der Waals surface area contributed by atoms with Crippen molar-refractivity contribution in [1.82, 2.24) is 10.2 Å². The maximum atomic E-state index is 12.1. The Morgan fingerprint density at radius 3 is 2.79 bits per heavy atom. The van der Waals surface area contributed by atoms with Crippen LogP contribution < -0.4 is 5.32 Å². The molecule has 0 aliphatic carbocycles. The maximum Gasteiger partial charge on any atom is 0.222 e. The van der Waals surface area contributed by atoms with Crippen molar-refractivity contribution in [3.05, 3.63) is 35.4 Å². The number of hydrogen-bond acceptors (Lipinski definition) is 2. The minimum absolute atomic E-state index is 0.305.